The van der Waals surface area contributed by atoms with Gasteiger partial charge in [0.2, 0.25) is 0 Å². The van der Waals surface area contributed by atoms with Gasteiger partial charge >= 0.3 is 0 Å². The zero-order valence-corrected chi connectivity index (χ0v) is 23.7. The molecule has 1 heterocycles. The average Bonchev–Trinajstić information content (AvgIpc) is 3.44. The summed E-state index contributed by atoms with van der Waals surface area (Å²) in [4.78, 5) is 12.6. The van der Waals surface area contributed by atoms with Crippen LogP contribution in [0.4, 0.5) is 0 Å². The fourth-order valence-corrected chi connectivity index (χ4v) is 4.79. The van der Waals surface area contributed by atoms with Crippen LogP contribution in [0.3, 0.4) is 0 Å². The predicted molar refractivity (Wildman–Crippen MR) is 162 cm³/mol. The third-order valence-corrected chi connectivity index (χ3v) is 7.09. The van der Waals surface area contributed by atoms with E-state index in [0.29, 0.717) is 34.1 Å². The Labute approximate surface area is 247 Å². The molecular formula is C31H26ClN5O3S. The number of ether oxygens (including phenoxy) is 2. The molecule has 0 fully saturated rings. The normalized spacial score (nSPS) is 11.0. The molecule has 5 aromatic rings. The van der Waals surface area contributed by atoms with Gasteiger partial charge < -0.3 is 9.47 Å². The van der Waals surface area contributed by atoms with E-state index in [1.165, 1.54) is 11.8 Å². The number of methoxy groups -OCH3 is 1. The van der Waals surface area contributed by atoms with E-state index in [-0.39, 0.29) is 11.7 Å². The first-order valence-corrected chi connectivity index (χ1v) is 14.0. The third kappa shape index (κ3) is 7.33. The van der Waals surface area contributed by atoms with Crippen LogP contribution in [-0.2, 0) is 11.4 Å². The summed E-state index contributed by atoms with van der Waals surface area (Å²) in [5.74, 6) is 1.66. The molecule has 0 aliphatic carbocycles. The lowest BCUT2D eigenvalue weighted by Crippen LogP contribution is -2.20. The first-order chi connectivity index (χ1) is 20.1. The van der Waals surface area contributed by atoms with Crippen LogP contribution in [0.5, 0.6) is 11.5 Å². The lowest BCUT2D eigenvalue weighted by molar-refractivity contribution is -0.118. The van der Waals surface area contributed by atoms with Crippen molar-refractivity contribution in [3.8, 4) is 28.6 Å². The van der Waals surface area contributed by atoms with E-state index < -0.39 is 0 Å². The van der Waals surface area contributed by atoms with Gasteiger partial charge in [-0.15, -0.1) is 10.2 Å². The number of aromatic nitrogens is 3. The van der Waals surface area contributed by atoms with Crippen LogP contribution in [0.1, 0.15) is 11.1 Å². The largest absolute Gasteiger partial charge is 0.493 e. The summed E-state index contributed by atoms with van der Waals surface area (Å²) in [6, 6.07) is 32.5. The number of hydrogen-bond acceptors (Lipinski definition) is 7. The molecule has 0 saturated carbocycles. The van der Waals surface area contributed by atoms with Gasteiger partial charge in [0.15, 0.2) is 22.5 Å². The second-order valence-electron chi connectivity index (χ2n) is 8.75. The second kappa shape index (κ2) is 13.6. The third-order valence-electron chi connectivity index (χ3n) is 5.91. The molecule has 0 spiro atoms. The molecule has 0 unspecified atom stereocenters. The standard InChI is InChI=1S/C31H26ClN5O3S/c1-39-28-18-23(12-17-27(28)40-20-22-8-4-2-5-9-22)19-33-34-29(38)21-41-31-36-35-30(24-13-15-25(32)16-14-24)37(31)26-10-6-3-7-11-26/h2-19H,20-21H2,1H3,(H,34,38). The summed E-state index contributed by atoms with van der Waals surface area (Å²) in [6.45, 7) is 0.428. The number of rotatable bonds is 11. The Balaban J connectivity index is 1.21. The van der Waals surface area contributed by atoms with E-state index in [9.17, 15) is 4.79 Å². The predicted octanol–water partition coefficient (Wildman–Crippen LogP) is 6.42. The Morgan fingerprint density at radius 1 is 0.951 bits per heavy atom. The number of amides is 1. The Kier molecular flexibility index (Phi) is 9.30. The molecule has 8 nitrogen and oxygen atoms in total. The number of hydrazone groups is 1. The molecule has 1 amide bonds. The summed E-state index contributed by atoms with van der Waals surface area (Å²) < 4.78 is 13.3. The Bertz CT molecular complexity index is 1630. The summed E-state index contributed by atoms with van der Waals surface area (Å²) in [6.07, 6.45) is 1.55. The van der Waals surface area contributed by atoms with Crippen LogP contribution in [0.2, 0.25) is 5.02 Å². The van der Waals surface area contributed by atoms with Gasteiger partial charge in [-0.3, -0.25) is 9.36 Å². The van der Waals surface area contributed by atoms with E-state index in [2.05, 4.69) is 20.7 Å². The lowest BCUT2D eigenvalue weighted by atomic mass is 10.2. The van der Waals surface area contributed by atoms with Gasteiger partial charge in [0.05, 0.1) is 19.1 Å². The highest BCUT2D eigenvalue weighted by molar-refractivity contribution is 7.99. The highest BCUT2D eigenvalue weighted by Crippen LogP contribution is 2.29. The van der Waals surface area contributed by atoms with Gasteiger partial charge in [-0.05, 0) is 65.7 Å². The number of hydrogen-bond donors (Lipinski definition) is 1. The average molecular weight is 584 g/mol. The van der Waals surface area contributed by atoms with Gasteiger partial charge in [-0.25, -0.2) is 5.43 Å². The van der Waals surface area contributed by atoms with Crippen molar-refractivity contribution in [3.63, 3.8) is 0 Å². The minimum Gasteiger partial charge on any atom is -0.493 e. The van der Waals surface area contributed by atoms with E-state index in [1.807, 2.05) is 89.5 Å². The zero-order chi connectivity index (χ0) is 28.4. The maximum Gasteiger partial charge on any atom is 0.250 e. The molecule has 0 atom stereocenters. The highest BCUT2D eigenvalue weighted by Gasteiger charge is 2.17. The highest BCUT2D eigenvalue weighted by atomic mass is 35.5. The summed E-state index contributed by atoms with van der Waals surface area (Å²) in [7, 11) is 1.58. The van der Waals surface area contributed by atoms with Crippen LogP contribution in [0.15, 0.2) is 113 Å². The number of nitrogens with one attached hydrogen (secondary N) is 1. The maximum absolute atomic E-state index is 12.6. The molecule has 4 aromatic carbocycles. The number of halogens is 1. The zero-order valence-electron chi connectivity index (χ0n) is 22.1. The fraction of sp³-hybridized carbons (Fsp3) is 0.0968. The summed E-state index contributed by atoms with van der Waals surface area (Å²) in [5.41, 5.74) is 6.12. The molecule has 0 radical (unpaired) electrons. The number of carbonyl (C=O) groups is 1. The lowest BCUT2D eigenvalue weighted by Gasteiger charge is -2.11. The quantitative estimate of drug-likeness (QED) is 0.110. The SMILES string of the molecule is COc1cc(C=NNC(=O)CSc2nnc(-c3ccc(Cl)cc3)n2-c2ccccc2)ccc1OCc1ccccc1. The van der Waals surface area contributed by atoms with Gasteiger partial charge in [0.1, 0.15) is 6.61 Å². The minimum atomic E-state index is -0.281. The topological polar surface area (TPSA) is 90.6 Å². The van der Waals surface area contributed by atoms with Gasteiger partial charge in [-0.2, -0.15) is 5.10 Å². The van der Waals surface area contributed by atoms with Crippen LogP contribution in [0.25, 0.3) is 17.1 Å². The number of carbonyl (C=O) groups excluding carboxylic acids is 1. The minimum absolute atomic E-state index is 0.0957. The molecule has 0 bridgehead atoms. The maximum atomic E-state index is 12.6. The molecule has 206 valence electrons. The van der Waals surface area contributed by atoms with Gasteiger partial charge in [0, 0.05) is 16.3 Å². The first kappa shape index (κ1) is 27.9. The molecule has 1 aromatic heterocycles. The molecular weight excluding hydrogens is 558 g/mol. The molecule has 1 N–H and O–H groups in total. The molecule has 5 rings (SSSR count). The Morgan fingerprint density at radius 2 is 1.68 bits per heavy atom. The molecule has 41 heavy (non-hydrogen) atoms. The molecule has 10 heteroatoms. The van der Waals surface area contributed by atoms with Crippen molar-refractivity contribution in [3.05, 3.63) is 119 Å². The van der Waals surface area contributed by atoms with Crippen LogP contribution >= 0.6 is 23.4 Å². The van der Waals surface area contributed by atoms with Gasteiger partial charge in [-0.1, -0.05) is 71.9 Å². The van der Waals surface area contributed by atoms with E-state index >= 15 is 0 Å². The smallest absolute Gasteiger partial charge is 0.250 e. The van der Waals surface area contributed by atoms with E-state index in [0.717, 1.165) is 22.4 Å². The monoisotopic (exact) mass is 583 g/mol. The number of nitrogens with zero attached hydrogens (tertiary/aromatic N) is 4. The molecule has 0 aliphatic heterocycles. The van der Waals surface area contributed by atoms with E-state index in [1.54, 1.807) is 31.5 Å². The molecule has 0 aliphatic rings. The Morgan fingerprint density at radius 3 is 2.41 bits per heavy atom. The second-order valence-corrected chi connectivity index (χ2v) is 10.1. The van der Waals surface area contributed by atoms with Crippen LogP contribution in [0, 0.1) is 0 Å². The van der Waals surface area contributed by atoms with Crippen molar-refractivity contribution in [2.45, 2.75) is 11.8 Å². The summed E-state index contributed by atoms with van der Waals surface area (Å²) in [5, 5.41) is 14.1. The van der Waals surface area contributed by atoms with Crippen molar-refractivity contribution in [1.82, 2.24) is 20.2 Å². The first-order valence-electron chi connectivity index (χ1n) is 12.7. The van der Waals surface area contributed by atoms with Crippen molar-refractivity contribution in [2.24, 2.45) is 5.10 Å². The number of thioether (sulfide) groups is 1. The van der Waals surface area contributed by atoms with Crippen molar-refractivity contribution in [2.75, 3.05) is 12.9 Å². The van der Waals surface area contributed by atoms with Crippen molar-refractivity contribution < 1.29 is 14.3 Å². The van der Waals surface area contributed by atoms with Crippen LogP contribution in [-0.4, -0.2) is 39.7 Å². The number of benzene rings is 4. The van der Waals surface area contributed by atoms with Gasteiger partial charge in [0.25, 0.3) is 5.91 Å². The van der Waals surface area contributed by atoms with E-state index in [4.69, 9.17) is 21.1 Å². The van der Waals surface area contributed by atoms with Crippen molar-refractivity contribution >= 4 is 35.5 Å². The van der Waals surface area contributed by atoms with Crippen molar-refractivity contribution in [1.29, 1.82) is 0 Å². The summed E-state index contributed by atoms with van der Waals surface area (Å²) >= 11 is 7.34. The fourth-order valence-electron chi connectivity index (χ4n) is 3.92. The number of para-hydroxylation sites is 1. The van der Waals surface area contributed by atoms with Crippen LogP contribution < -0.4 is 14.9 Å². The Hall–Kier alpha value is -4.60. The molecule has 0 saturated heterocycles.